The molecule has 19 heavy (non-hydrogen) atoms. The van der Waals surface area contributed by atoms with E-state index in [0.717, 1.165) is 11.3 Å². The quantitative estimate of drug-likeness (QED) is 0.821. The van der Waals surface area contributed by atoms with E-state index in [4.69, 9.17) is 0 Å². The maximum absolute atomic E-state index is 11.9. The predicted molar refractivity (Wildman–Crippen MR) is 74.4 cm³/mol. The zero-order valence-corrected chi connectivity index (χ0v) is 10.3. The number of anilines is 1. The molecule has 3 rings (SSSR count). The molecule has 1 aromatic rings. The SMILES string of the molecule is O=C1Nc2ccccc2/C1=C\CC1C=CC=CC1=O. The highest BCUT2D eigenvalue weighted by molar-refractivity contribution is 6.31. The number of hydrogen-bond donors (Lipinski definition) is 1. The van der Waals surface area contributed by atoms with E-state index in [1.807, 2.05) is 42.5 Å². The van der Waals surface area contributed by atoms with Crippen LogP contribution in [0.25, 0.3) is 5.57 Å². The summed E-state index contributed by atoms with van der Waals surface area (Å²) in [7, 11) is 0. The second kappa shape index (κ2) is 4.69. The molecule has 1 atom stereocenters. The number of carbonyl (C=O) groups is 2. The minimum atomic E-state index is -0.155. The molecule has 2 aliphatic rings. The third-order valence-electron chi connectivity index (χ3n) is 3.37. The first-order chi connectivity index (χ1) is 9.25. The second-order valence-corrected chi connectivity index (χ2v) is 4.61. The van der Waals surface area contributed by atoms with Crippen LogP contribution < -0.4 is 5.32 Å². The molecule has 3 heteroatoms. The molecule has 0 bridgehead atoms. The van der Waals surface area contributed by atoms with Crippen LogP contribution >= 0.6 is 0 Å². The van der Waals surface area contributed by atoms with Crippen LogP contribution in [0.2, 0.25) is 0 Å². The lowest BCUT2D eigenvalue weighted by Crippen LogP contribution is -2.11. The second-order valence-electron chi connectivity index (χ2n) is 4.61. The van der Waals surface area contributed by atoms with Gasteiger partial charge in [-0.2, -0.15) is 0 Å². The Hall–Kier alpha value is -2.42. The van der Waals surface area contributed by atoms with Crippen LogP contribution in [0, 0.1) is 5.92 Å². The molecule has 0 aromatic heterocycles. The predicted octanol–water partition coefficient (Wildman–Crippen LogP) is 2.72. The third kappa shape index (κ3) is 2.15. The number of fused-ring (bicyclic) bond motifs is 1. The number of para-hydroxylation sites is 1. The van der Waals surface area contributed by atoms with Crippen molar-refractivity contribution in [3.63, 3.8) is 0 Å². The summed E-state index contributed by atoms with van der Waals surface area (Å²) in [5.41, 5.74) is 2.41. The Kier molecular flexibility index (Phi) is 2.88. The minimum absolute atomic E-state index is 0.0889. The highest BCUT2D eigenvalue weighted by atomic mass is 16.2. The molecule has 94 valence electrons. The van der Waals surface area contributed by atoms with Gasteiger partial charge in [0.15, 0.2) is 5.78 Å². The van der Waals surface area contributed by atoms with Gasteiger partial charge in [-0.1, -0.05) is 42.5 Å². The normalized spacial score (nSPS) is 22.7. The maximum Gasteiger partial charge on any atom is 0.256 e. The summed E-state index contributed by atoms with van der Waals surface area (Å²) in [4.78, 5) is 23.5. The summed E-state index contributed by atoms with van der Waals surface area (Å²) in [6.45, 7) is 0. The minimum Gasteiger partial charge on any atom is -0.321 e. The van der Waals surface area contributed by atoms with Crippen molar-refractivity contribution in [1.29, 1.82) is 0 Å². The summed E-state index contributed by atoms with van der Waals surface area (Å²) in [5.74, 6) is -0.159. The van der Waals surface area contributed by atoms with Crippen molar-refractivity contribution in [2.45, 2.75) is 6.42 Å². The number of allylic oxidation sites excluding steroid dienone is 5. The molecule has 1 aliphatic carbocycles. The van der Waals surface area contributed by atoms with Crippen molar-refractivity contribution in [3.05, 3.63) is 60.2 Å². The summed E-state index contributed by atoms with van der Waals surface area (Å²) < 4.78 is 0. The number of carbonyl (C=O) groups excluding carboxylic acids is 2. The molecule has 1 N–H and O–H groups in total. The van der Waals surface area contributed by atoms with Gasteiger partial charge in [-0.05, 0) is 18.6 Å². The first kappa shape index (κ1) is 11.7. The summed E-state index contributed by atoms with van der Waals surface area (Å²) in [5, 5.41) is 2.82. The molecular formula is C16H13NO2. The molecule has 3 nitrogen and oxygen atoms in total. The van der Waals surface area contributed by atoms with Gasteiger partial charge >= 0.3 is 0 Å². The largest absolute Gasteiger partial charge is 0.321 e. The van der Waals surface area contributed by atoms with Gasteiger partial charge in [0.1, 0.15) is 0 Å². The average Bonchev–Trinajstić information content (AvgIpc) is 2.74. The summed E-state index contributed by atoms with van der Waals surface area (Å²) in [6.07, 6.45) is 9.46. The standard InChI is InChI=1S/C16H13NO2/c18-15-8-4-1-5-11(15)9-10-13-12-6-2-3-7-14(12)17-16(13)19/h1-8,10-11H,9H2,(H,17,19)/b13-10+. The van der Waals surface area contributed by atoms with Gasteiger partial charge in [0.25, 0.3) is 5.91 Å². The van der Waals surface area contributed by atoms with Crippen molar-refractivity contribution in [1.82, 2.24) is 0 Å². The van der Waals surface area contributed by atoms with E-state index < -0.39 is 0 Å². The van der Waals surface area contributed by atoms with Gasteiger partial charge < -0.3 is 5.32 Å². The molecule has 1 aliphatic heterocycles. The van der Waals surface area contributed by atoms with Crippen molar-refractivity contribution in [3.8, 4) is 0 Å². The highest BCUT2D eigenvalue weighted by Crippen LogP contribution is 2.32. The first-order valence-corrected chi connectivity index (χ1v) is 6.25. The fourth-order valence-corrected chi connectivity index (χ4v) is 2.35. The topological polar surface area (TPSA) is 46.2 Å². The fourth-order valence-electron chi connectivity index (χ4n) is 2.35. The zero-order valence-electron chi connectivity index (χ0n) is 10.3. The number of nitrogens with one attached hydrogen (secondary N) is 1. The van der Waals surface area contributed by atoms with Crippen LogP contribution in [0.5, 0.6) is 0 Å². The Morgan fingerprint density at radius 1 is 1.16 bits per heavy atom. The van der Waals surface area contributed by atoms with Crippen LogP contribution in [0.15, 0.2) is 54.6 Å². The monoisotopic (exact) mass is 251 g/mol. The van der Waals surface area contributed by atoms with E-state index in [-0.39, 0.29) is 17.6 Å². The van der Waals surface area contributed by atoms with Gasteiger partial charge in [-0.15, -0.1) is 0 Å². The van der Waals surface area contributed by atoms with Crippen molar-refractivity contribution in [2.24, 2.45) is 5.92 Å². The lowest BCUT2D eigenvalue weighted by Gasteiger charge is -2.09. The van der Waals surface area contributed by atoms with E-state index in [1.54, 1.807) is 12.2 Å². The molecule has 0 saturated heterocycles. The van der Waals surface area contributed by atoms with Gasteiger partial charge in [0, 0.05) is 22.7 Å². The summed E-state index contributed by atoms with van der Waals surface area (Å²) >= 11 is 0. The van der Waals surface area contributed by atoms with E-state index in [1.165, 1.54) is 0 Å². The number of hydrogen-bond acceptors (Lipinski definition) is 2. The fraction of sp³-hybridized carbons (Fsp3) is 0.125. The van der Waals surface area contributed by atoms with Crippen LogP contribution in [-0.2, 0) is 9.59 Å². The van der Waals surface area contributed by atoms with E-state index in [2.05, 4.69) is 5.32 Å². The number of rotatable bonds is 2. The first-order valence-electron chi connectivity index (χ1n) is 6.25. The van der Waals surface area contributed by atoms with E-state index in [0.29, 0.717) is 12.0 Å². The van der Waals surface area contributed by atoms with Crippen molar-refractivity contribution in [2.75, 3.05) is 5.32 Å². The van der Waals surface area contributed by atoms with Crippen LogP contribution in [0.4, 0.5) is 5.69 Å². The molecule has 1 amide bonds. The Balaban J connectivity index is 1.84. The Bertz CT molecular complexity index is 638. The van der Waals surface area contributed by atoms with Gasteiger partial charge in [0.2, 0.25) is 0 Å². The van der Waals surface area contributed by atoms with Crippen LogP contribution in [0.1, 0.15) is 12.0 Å². The lowest BCUT2D eigenvalue weighted by atomic mass is 9.94. The van der Waals surface area contributed by atoms with E-state index >= 15 is 0 Å². The molecule has 0 fully saturated rings. The molecule has 0 radical (unpaired) electrons. The molecule has 1 unspecified atom stereocenters. The lowest BCUT2D eigenvalue weighted by molar-refractivity contribution is -0.117. The smallest absolute Gasteiger partial charge is 0.256 e. The molecule has 1 aromatic carbocycles. The number of benzene rings is 1. The van der Waals surface area contributed by atoms with Crippen molar-refractivity contribution < 1.29 is 9.59 Å². The third-order valence-corrected chi connectivity index (χ3v) is 3.37. The Morgan fingerprint density at radius 2 is 2.00 bits per heavy atom. The van der Waals surface area contributed by atoms with Crippen LogP contribution in [-0.4, -0.2) is 11.7 Å². The van der Waals surface area contributed by atoms with Gasteiger partial charge in [-0.3, -0.25) is 9.59 Å². The zero-order chi connectivity index (χ0) is 13.2. The van der Waals surface area contributed by atoms with E-state index in [9.17, 15) is 9.59 Å². The molecular weight excluding hydrogens is 238 g/mol. The number of amides is 1. The summed E-state index contributed by atoms with van der Waals surface area (Å²) in [6, 6.07) is 7.58. The highest BCUT2D eigenvalue weighted by Gasteiger charge is 2.24. The molecule has 0 saturated carbocycles. The maximum atomic E-state index is 11.9. The van der Waals surface area contributed by atoms with Crippen molar-refractivity contribution >= 4 is 23.0 Å². The van der Waals surface area contributed by atoms with Gasteiger partial charge in [-0.25, -0.2) is 0 Å². The molecule has 1 heterocycles. The molecule has 0 spiro atoms. The van der Waals surface area contributed by atoms with Crippen LogP contribution in [0.3, 0.4) is 0 Å². The average molecular weight is 251 g/mol. The number of ketones is 1. The van der Waals surface area contributed by atoms with Gasteiger partial charge in [0.05, 0.1) is 0 Å². The Labute approximate surface area is 111 Å². The Morgan fingerprint density at radius 3 is 2.84 bits per heavy atom.